The third-order valence-corrected chi connectivity index (χ3v) is 3.10. The van der Waals surface area contributed by atoms with Gasteiger partial charge in [0.15, 0.2) is 12.6 Å². The molecule has 0 radical (unpaired) electrons. The fourth-order valence-electron chi connectivity index (χ4n) is 1.33. The van der Waals surface area contributed by atoms with E-state index in [0.29, 0.717) is 12.5 Å². The van der Waals surface area contributed by atoms with Crippen LogP contribution in [0.2, 0.25) is 0 Å². The molecule has 29 heavy (non-hydrogen) atoms. The lowest BCUT2D eigenvalue weighted by atomic mass is 9.97. The number of ether oxygens (including phenoxy) is 5. The van der Waals surface area contributed by atoms with E-state index in [-0.39, 0.29) is 31.1 Å². The van der Waals surface area contributed by atoms with Crippen LogP contribution in [0.5, 0.6) is 0 Å². The second-order valence-electron chi connectivity index (χ2n) is 8.22. The number of alkyl halides is 1. The minimum atomic E-state index is -0.637. The van der Waals surface area contributed by atoms with Gasteiger partial charge in [0.25, 0.3) is 0 Å². The Hall–Kier alpha value is -1.38. The Bertz CT molecular complexity index is 494. The molecule has 0 aromatic heterocycles. The molecule has 0 heterocycles. The van der Waals surface area contributed by atoms with Gasteiger partial charge < -0.3 is 23.7 Å². The summed E-state index contributed by atoms with van der Waals surface area (Å²) in [4.78, 5) is 33.2. The van der Waals surface area contributed by atoms with Crippen LogP contribution in [-0.4, -0.2) is 56.2 Å². The number of halogens is 1. The SMILES string of the molecule is CC(=O)OCCOC(C)OC(=O)C(C)(C)C.CC(OCCCl)OC(=O)C(C)(C)C. The molecule has 0 aromatic carbocycles. The average molecular weight is 441 g/mol. The Kier molecular flexibility index (Phi) is 15.0. The molecule has 8 nitrogen and oxygen atoms in total. The third kappa shape index (κ3) is 18.4. The number of hydrogen-bond acceptors (Lipinski definition) is 8. The Morgan fingerprint density at radius 1 is 0.759 bits per heavy atom. The highest BCUT2D eigenvalue weighted by Crippen LogP contribution is 2.17. The van der Waals surface area contributed by atoms with Crippen LogP contribution in [0.1, 0.15) is 62.3 Å². The molecule has 0 amide bonds. The van der Waals surface area contributed by atoms with Crippen molar-refractivity contribution in [2.45, 2.75) is 74.9 Å². The van der Waals surface area contributed by atoms with Gasteiger partial charge in [0, 0.05) is 12.8 Å². The summed E-state index contributed by atoms with van der Waals surface area (Å²) in [6.07, 6.45) is -1.16. The van der Waals surface area contributed by atoms with Gasteiger partial charge in [-0.1, -0.05) is 0 Å². The summed E-state index contributed by atoms with van der Waals surface area (Å²) < 4.78 is 24.9. The lowest BCUT2D eigenvalue weighted by Gasteiger charge is -2.20. The van der Waals surface area contributed by atoms with Crippen LogP contribution in [0.25, 0.3) is 0 Å². The first-order valence-electron chi connectivity index (χ1n) is 9.46. The Morgan fingerprint density at radius 3 is 1.45 bits per heavy atom. The molecular formula is C20H37ClO8. The first kappa shape index (κ1) is 29.8. The first-order valence-corrected chi connectivity index (χ1v) is 9.99. The quantitative estimate of drug-likeness (QED) is 0.176. The molecular weight excluding hydrogens is 404 g/mol. The predicted molar refractivity (Wildman–Crippen MR) is 109 cm³/mol. The van der Waals surface area contributed by atoms with E-state index in [1.807, 2.05) is 0 Å². The molecule has 0 saturated carbocycles. The topological polar surface area (TPSA) is 97.4 Å². The maximum absolute atomic E-state index is 11.4. The van der Waals surface area contributed by atoms with Crippen LogP contribution in [-0.2, 0) is 38.1 Å². The highest BCUT2D eigenvalue weighted by Gasteiger charge is 2.25. The number of esters is 3. The molecule has 0 aliphatic rings. The van der Waals surface area contributed by atoms with Crippen LogP contribution in [0, 0.1) is 10.8 Å². The van der Waals surface area contributed by atoms with Crippen molar-refractivity contribution >= 4 is 29.5 Å². The van der Waals surface area contributed by atoms with E-state index < -0.39 is 23.4 Å². The number of rotatable bonds is 9. The maximum atomic E-state index is 11.4. The number of hydrogen-bond donors (Lipinski definition) is 0. The Morgan fingerprint density at radius 2 is 1.14 bits per heavy atom. The fraction of sp³-hybridized carbons (Fsp3) is 0.850. The van der Waals surface area contributed by atoms with Gasteiger partial charge in [-0.15, -0.1) is 11.6 Å². The molecule has 0 saturated heterocycles. The zero-order chi connectivity index (χ0) is 23.3. The van der Waals surface area contributed by atoms with Gasteiger partial charge in [-0.05, 0) is 55.4 Å². The molecule has 0 spiro atoms. The van der Waals surface area contributed by atoms with Crippen LogP contribution in [0.4, 0.5) is 0 Å². The van der Waals surface area contributed by atoms with E-state index >= 15 is 0 Å². The molecule has 0 aliphatic carbocycles. The van der Waals surface area contributed by atoms with Crippen molar-refractivity contribution in [1.82, 2.24) is 0 Å². The third-order valence-electron chi connectivity index (χ3n) is 2.94. The standard InChI is InChI=1S/C11H20O5.C9H17ClO3/c1-8(12)14-6-7-15-9(2)16-10(13)11(3,4)5;1-7(12-6-5-10)13-8(11)9(2,3)4/h9H,6-7H2,1-5H3;7H,5-6H2,1-4H3. The molecule has 2 unspecified atom stereocenters. The van der Waals surface area contributed by atoms with Crippen molar-refractivity contribution < 1.29 is 38.1 Å². The lowest BCUT2D eigenvalue weighted by Crippen LogP contribution is -2.28. The van der Waals surface area contributed by atoms with Gasteiger partial charge in [-0.25, -0.2) is 0 Å². The zero-order valence-electron chi connectivity index (χ0n) is 19.1. The van der Waals surface area contributed by atoms with Crippen molar-refractivity contribution in [3.63, 3.8) is 0 Å². The zero-order valence-corrected chi connectivity index (χ0v) is 19.9. The van der Waals surface area contributed by atoms with Crippen molar-refractivity contribution in [3.05, 3.63) is 0 Å². The maximum Gasteiger partial charge on any atom is 0.313 e. The summed E-state index contributed by atoms with van der Waals surface area (Å²) >= 11 is 5.41. The molecule has 9 heteroatoms. The second kappa shape index (κ2) is 14.6. The van der Waals surface area contributed by atoms with Crippen molar-refractivity contribution in [1.29, 1.82) is 0 Å². The molecule has 0 rings (SSSR count). The summed E-state index contributed by atoms with van der Waals surface area (Å²) in [5, 5.41) is 0. The summed E-state index contributed by atoms with van der Waals surface area (Å²) in [5.41, 5.74) is -1.04. The molecule has 0 N–H and O–H groups in total. The normalized spacial score (nSPS) is 13.4. The number of carbonyl (C=O) groups excluding carboxylic acids is 3. The Balaban J connectivity index is 0. The largest absolute Gasteiger partial charge is 0.463 e. The van der Waals surface area contributed by atoms with Crippen LogP contribution in [0.15, 0.2) is 0 Å². The van der Waals surface area contributed by atoms with Crippen molar-refractivity contribution in [3.8, 4) is 0 Å². The summed E-state index contributed by atoms with van der Waals surface area (Å²) in [5.74, 6) is -0.553. The minimum absolute atomic E-state index is 0.159. The monoisotopic (exact) mass is 440 g/mol. The highest BCUT2D eigenvalue weighted by molar-refractivity contribution is 6.17. The fourth-order valence-corrected chi connectivity index (χ4v) is 1.42. The first-order chi connectivity index (χ1) is 13.1. The van der Waals surface area contributed by atoms with E-state index in [9.17, 15) is 14.4 Å². The molecule has 0 aliphatic heterocycles. The van der Waals surface area contributed by atoms with Crippen LogP contribution >= 0.6 is 11.6 Å². The minimum Gasteiger partial charge on any atom is -0.463 e. The molecule has 0 fully saturated rings. The van der Waals surface area contributed by atoms with Gasteiger partial charge >= 0.3 is 17.9 Å². The highest BCUT2D eigenvalue weighted by atomic mass is 35.5. The molecule has 2 atom stereocenters. The van der Waals surface area contributed by atoms with Gasteiger partial charge in [-0.2, -0.15) is 0 Å². The molecule has 0 aromatic rings. The lowest BCUT2D eigenvalue weighted by molar-refractivity contribution is -0.186. The predicted octanol–water partition coefficient (Wildman–Crippen LogP) is 3.68. The van der Waals surface area contributed by atoms with E-state index in [1.165, 1.54) is 6.92 Å². The van der Waals surface area contributed by atoms with Crippen molar-refractivity contribution in [2.24, 2.45) is 10.8 Å². The molecule has 172 valence electrons. The summed E-state index contributed by atoms with van der Waals surface area (Å²) in [7, 11) is 0. The van der Waals surface area contributed by atoms with Crippen LogP contribution in [0.3, 0.4) is 0 Å². The Labute approximate surface area is 179 Å². The average Bonchev–Trinajstić information content (AvgIpc) is 2.55. The van der Waals surface area contributed by atoms with E-state index in [1.54, 1.807) is 55.4 Å². The summed E-state index contributed by atoms with van der Waals surface area (Å²) in [6.45, 7) is 16.1. The summed E-state index contributed by atoms with van der Waals surface area (Å²) in [6, 6.07) is 0. The van der Waals surface area contributed by atoms with E-state index in [2.05, 4.69) is 4.74 Å². The van der Waals surface area contributed by atoms with Crippen molar-refractivity contribution in [2.75, 3.05) is 25.7 Å². The van der Waals surface area contributed by atoms with Gasteiger partial charge in [0.05, 0.1) is 24.0 Å². The van der Waals surface area contributed by atoms with E-state index in [0.717, 1.165) is 0 Å². The van der Waals surface area contributed by atoms with Gasteiger partial charge in [-0.3, -0.25) is 14.4 Å². The molecule has 0 bridgehead atoms. The smallest absolute Gasteiger partial charge is 0.313 e. The van der Waals surface area contributed by atoms with E-state index in [4.69, 9.17) is 30.5 Å². The van der Waals surface area contributed by atoms with Gasteiger partial charge in [0.2, 0.25) is 0 Å². The van der Waals surface area contributed by atoms with Crippen LogP contribution < -0.4 is 0 Å². The number of carbonyl (C=O) groups is 3. The second-order valence-corrected chi connectivity index (χ2v) is 8.59. The van der Waals surface area contributed by atoms with Gasteiger partial charge in [0.1, 0.15) is 6.61 Å².